The Morgan fingerprint density at radius 3 is 2.79 bits per heavy atom. The Hall–Kier alpha value is -2.34. The zero-order valence-corrected chi connectivity index (χ0v) is 14.8. The van der Waals surface area contributed by atoms with Crippen LogP contribution in [0.4, 0.5) is 0 Å². The first kappa shape index (κ1) is 16.5. The molecule has 0 spiro atoms. The van der Waals surface area contributed by atoms with Crippen LogP contribution in [0.1, 0.15) is 30.2 Å². The molecule has 1 atom stereocenters. The van der Waals surface area contributed by atoms with E-state index < -0.39 is 0 Å². The van der Waals surface area contributed by atoms with Crippen LogP contribution in [-0.2, 0) is 6.42 Å². The van der Waals surface area contributed by atoms with E-state index in [-0.39, 0.29) is 6.04 Å². The summed E-state index contributed by atoms with van der Waals surface area (Å²) in [5, 5.41) is 9.07. The number of methoxy groups -OCH3 is 1. The summed E-state index contributed by atoms with van der Waals surface area (Å²) >= 11 is 6.15. The Bertz CT molecular complexity index is 856. The lowest BCUT2D eigenvalue weighted by Crippen LogP contribution is -2.11. The number of halogens is 1. The van der Waals surface area contributed by atoms with Gasteiger partial charge < -0.3 is 9.26 Å². The first-order valence-electron chi connectivity index (χ1n) is 7.67. The average molecular weight is 347 g/mol. The molecule has 0 radical (unpaired) electrons. The van der Waals surface area contributed by atoms with Crippen LogP contribution in [0.15, 0.2) is 28.8 Å². The van der Waals surface area contributed by atoms with E-state index in [4.69, 9.17) is 20.9 Å². The molecule has 3 rings (SSSR count). The average Bonchev–Trinajstić information content (AvgIpc) is 3.13. The van der Waals surface area contributed by atoms with Gasteiger partial charge in [0.15, 0.2) is 0 Å². The first-order chi connectivity index (χ1) is 11.5. The van der Waals surface area contributed by atoms with Gasteiger partial charge in [0.1, 0.15) is 5.75 Å². The molecule has 0 aliphatic carbocycles. The van der Waals surface area contributed by atoms with Crippen LogP contribution in [0.3, 0.4) is 0 Å². The van der Waals surface area contributed by atoms with Crippen molar-refractivity contribution in [1.29, 1.82) is 0 Å². The second-order valence-electron chi connectivity index (χ2n) is 5.76. The third kappa shape index (κ3) is 3.14. The van der Waals surface area contributed by atoms with Crippen LogP contribution in [0.2, 0.25) is 5.02 Å². The number of aromatic nitrogens is 4. The summed E-state index contributed by atoms with van der Waals surface area (Å²) in [5.74, 6) is 1.55. The smallest absolute Gasteiger partial charge is 0.229 e. The maximum atomic E-state index is 6.15. The molecule has 0 N–H and O–H groups in total. The predicted octanol–water partition coefficient (Wildman–Crippen LogP) is 4.02. The van der Waals surface area contributed by atoms with E-state index in [0.29, 0.717) is 34.5 Å². The van der Waals surface area contributed by atoms with Crippen LogP contribution >= 0.6 is 11.6 Å². The molecule has 6 nitrogen and oxygen atoms in total. The molecule has 0 saturated heterocycles. The minimum absolute atomic E-state index is 0.119. The fraction of sp³-hybridized carbons (Fsp3) is 0.353. The van der Waals surface area contributed by atoms with Crippen molar-refractivity contribution in [3.63, 3.8) is 0 Å². The van der Waals surface area contributed by atoms with Crippen LogP contribution in [0.25, 0.3) is 11.4 Å². The number of aryl methyl sites for hydroxylation is 2. The lowest BCUT2D eigenvalue weighted by molar-refractivity contribution is 0.347. The lowest BCUT2D eigenvalue weighted by atomic mass is 10.2. The number of para-hydroxylation sites is 1. The minimum atomic E-state index is 0.119. The van der Waals surface area contributed by atoms with E-state index in [9.17, 15) is 0 Å². The van der Waals surface area contributed by atoms with Gasteiger partial charge in [-0.2, -0.15) is 10.1 Å². The SMILES string of the molecule is COc1c(Cl)cccc1-c1noc(CC(C)n2nc(C)cc2C)n1. The van der Waals surface area contributed by atoms with Crippen LogP contribution in [-0.4, -0.2) is 27.0 Å². The molecule has 0 fully saturated rings. The molecule has 3 aromatic rings. The van der Waals surface area contributed by atoms with Gasteiger partial charge in [-0.3, -0.25) is 4.68 Å². The zero-order chi connectivity index (χ0) is 17.3. The summed E-state index contributed by atoms with van der Waals surface area (Å²) in [7, 11) is 1.57. The third-order valence-corrected chi connectivity index (χ3v) is 4.11. The number of hydrogen-bond donors (Lipinski definition) is 0. The molecule has 0 aliphatic heterocycles. The highest BCUT2D eigenvalue weighted by Crippen LogP contribution is 2.34. The van der Waals surface area contributed by atoms with E-state index in [1.165, 1.54) is 0 Å². The largest absolute Gasteiger partial charge is 0.494 e. The van der Waals surface area contributed by atoms with Gasteiger partial charge in [0.05, 0.1) is 29.4 Å². The van der Waals surface area contributed by atoms with Crippen molar-refractivity contribution >= 4 is 11.6 Å². The Labute approximate surface area is 145 Å². The molecule has 0 aliphatic rings. The monoisotopic (exact) mass is 346 g/mol. The summed E-state index contributed by atoms with van der Waals surface area (Å²) in [4.78, 5) is 4.47. The second kappa shape index (κ2) is 6.65. The first-order valence-corrected chi connectivity index (χ1v) is 8.05. The number of nitrogens with zero attached hydrogens (tertiary/aromatic N) is 4. The van der Waals surface area contributed by atoms with E-state index in [0.717, 1.165) is 11.4 Å². The number of rotatable bonds is 5. The Morgan fingerprint density at radius 1 is 1.33 bits per heavy atom. The Morgan fingerprint density at radius 2 is 2.12 bits per heavy atom. The van der Waals surface area contributed by atoms with Crippen LogP contribution in [0.5, 0.6) is 5.75 Å². The quantitative estimate of drug-likeness (QED) is 0.698. The van der Waals surface area contributed by atoms with Gasteiger partial charge in [0, 0.05) is 12.1 Å². The number of benzene rings is 1. The zero-order valence-electron chi connectivity index (χ0n) is 14.1. The van der Waals surface area contributed by atoms with Gasteiger partial charge in [-0.05, 0) is 39.0 Å². The van der Waals surface area contributed by atoms with Crippen molar-refractivity contribution in [2.75, 3.05) is 7.11 Å². The van der Waals surface area contributed by atoms with E-state index >= 15 is 0 Å². The minimum Gasteiger partial charge on any atom is -0.494 e. The maximum Gasteiger partial charge on any atom is 0.229 e. The van der Waals surface area contributed by atoms with Crippen molar-refractivity contribution in [1.82, 2.24) is 19.9 Å². The molecule has 2 heterocycles. The summed E-state index contributed by atoms with van der Waals surface area (Å²) in [6.45, 7) is 6.09. The molecule has 2 aromatic heterocycles. The molecule has 1 unspecified atom stereocenters. The molecule has 24 heavy (non-hydrogen) atoms. The van der Waals surface area contributed by atoms with Gasteiger partial charge in [0.2, 0.25) is 11.7 Å². The number of ether oxygens (including phenoxy) is 1. The molecule has 1 aromatic carbocycles. The summed E-state index contributed by atoms with van der Waals surface area (Å²) in [6, 6.07) is 7.61. The number of hydrogen-bond acceptors (Lipinski definition) is 5. The fourth-order valence-electron chi connectivity index (χ4n) is 2.77. The highest BCUT2D eigenvalue weighted by Gasteiger charge is 2.18. The summed E-state index contributed by atoms with van der Waals surface area (Å²) in [5.41, 5.74) is 2.81. The highest BCUT2D eigenvalue weighted by atomic mass is 35.5. The fourth-order valence-corrected chi connectivity index (χ4v) is 3.02. The summed E-state index contributed by atoms with van der Waals surface area (Å²) in [6.07, 6.45) is 0.595. The van der Waals surface area contributed by atoms with Gasteiger partial charge >= 0.3 is 0 Å². The molecule has 7 heteroatoms. The standard InChI is InChI=1S/C17H19ClN4O2/c1-10-8-11(2)22(20-10)12(3)9-15-19-17(21-24-15)13-6-5-7-14(18)16(13)23-4/h5-8,12H,9H2,1-4H3. The van der Waals surface area contributed by atoms with Gasteiger partial charge in [-0.1, -0.05) is 22.8 Å². The van der Waals surface area contributed by atoms with E-state index in [2.05, 4.69) is 22.2 Å². The molecule has 0 saturated carbocycles. The normalized spacial score (nSPS) is 12.4. The maximum absolute atomic E-state index is 6.15. The van der Waals surface area contributed by atoms with Gasteiger partial charge in [0.25, 0.3) is 0 Å². The lowest BCUT2D eigenvalue weighted by Gasteiger charge is -2.11. The third-order valence-electron chi connectivity index (χ3n) is 3.81. The van der Waals surface area contributed by atoms with Crippen molar-refractivity contribution in [3.05, 3.63) is 46.6 Å². The predicted molar refractivity (Wildman–Crippen MR) is 91.4 cm³/mol. The molecular formula is C17H19ClN4O2. The highest BCUT2D eigenvalue weighted by molar-refractivity contribution is 6.32. The Balaban J connectivity index is 1.84. The van der Waals surface area contributed by atoms with Gasteiger partial charge in [-0.15, -0.1) is 0 Å². The van der Waals surface area contributed by atoms with E-state index in [1.807, 2.05) is 36.7 Å². The molecule has 126 valence electrons. The second-order valence-corrected chi connectivity index (χ2v) is 6.16. The van der Waals surface area contributed by atoms with Gasteiger partial charge in [-0.25, -0.2) is 0 Å². The molecule has 0 amide bonds. The van der Waals surface area contributed by atoms with E-state index in [1.54, 1.807) is 13.2 Å². The van der Waals surface area contributed by atoms with Crippen molar-refractivity contribution < 1.29 is 9.26 Å². The van der Waals surface area contributed by atoms with Crippen LogP contribution < -0.4 is 4.74 Å². The molecular weight excluding hydrogens is 328 g/mol. The van der Waals surface area contributed by atoms with Crippen molar-refractivity contribution in [2.45, 2.75) is 33.2 Å². The molecule has 0 bridgehead atoms. The topological polar surface area (TPSA) is 66.0 Å². The van der Waals surface area contributed by atoms with Crippen molar-refractivity contribution in [2.24, 2.45) is 0 Å². The van der Waals surface area contributed by atoms with Crippen molar-refractivity contribution in [3.8, 4) is 17.1 Å². The van der Waals surface area contributed by atoms with Crippen LogP contribution in [0, 0.1) is 13.8 Å². The summed E-state index contributed by atoms with van der Waals surface area (Å²) < 4.78 is 12.7. The Kier molecular flexibility index (Phi) is 4.57.